The Balaban J connectivity index is 1.59. The summed E-state index contributed by atoms with van der Waals surface area (Å²) in [6.07, 6.45) is 0.748. The number of benzene rings is 2. The van der Waals surface area contributed by atoms with Crippen molar-refractivity contribution in [1.82, 2.24) is 5.32 Å². The second-order valence-electron chi connectivity index (χ2n) is 5.49. The van der Waals surface area contributed by atoms with Crippen molar-refractivity contribution in [3.8, 4) is 0 Å². The number of imide groups is 1. The summed E-state index contributed by atoms with van der Waals surface area (Å²) in [5.74, 6) is -0.713. The van der Waals surface area contributed by atoms with Crippen molar-refractivity contribution in [2.75, 3.05) is 11.4 Å². The van der Waals surface area contributed by atoms with Gasteiger partial charge in [-0.05, 0) is 42.8 Å². The highest BCUT2D eigenvalue weighted by molar-refractivity contribution is 6.22. The van der Waals surface area contributed by atoms with Crippen LogP contribution in [0.4, 0.5) is 10.1 Å². The van der Waals surface area contributed by atoms with Crippen molar-refractivity contribution in [2.45, 2.75) is 18.9 Å². The number of amides is 2. The van der Waals surface area contributed by atoms with E-state index >= 15 is 0 Å². The number of nitrogens with one attached hydrogen (secondary N) is 1. The molecule has 1 fully saturated rings. The lowest BCUT2D eigenvalue weighted by atomic mass is 10.1. The molecule has 1 N–H and O–H groups in total. The van der Waals surface area contributed by atoms with Crippen LogP contribution in [-0.4, -0.2) is 24.4 Å². The van der Waals surface area contributed by atoms with Gasteiger partial charge in [-0.2, -0.15) is 0 Å². The summed E-state index contributed by atoms with van der Waals surface area (Å²) in [4.78, 5) is 25.7. The maximum Gasteiger partial charge on any atom is 0.251 e. The average Bonchev–Trinajstić information content (AvgIpc) is 2.82. The molecule has 2 amide bonds. The Morgan fingerprint density at radius 3 is 2.61 bits per heavy atom. The first-order chi connectivity index (χ1) is 11.1. The third-order valence-corrected chi connectivity index (χ3v) is 3.85. The van der Waals surface area contributed by atoms with Crippen molar-refractivity contribution >= 4 is 17.5 Å². The lowest BCUT2D eigenvalue weighted by molar-refractivity contribution is -0.121. The van der Waals surface area contributed by atoms with Crippen LogP contribution in [-0.2, 0) is 16.0 Å². The summed E-state index contributed by atoms with van der Waals surface area (Å²) in [7, 11) is 0. The molecule has 0 unspecified atom stereocenters. The zero-order valence-electron chi connectivity index (χ0n) is 12.5. The molecule has 4 nitrogen and oxygen atoms in total. The molecular weight excluding hydrogens is 295 g/mol. The van der Waals surface area contributed by atoms with E-state index in [-0.39, 0.29) is 24.1 Å². The first-order valence-corrected chi connectivity index (χ1v) is 7.55. The molecule has 1 atom stereocenters. The van der Waals surface area contributed by atoms with Crippen molar-refractivity contribution < 1.29 is 14.0 Å². The number of hydrogen-bond donors (Lipinski definition) is 1. The maximum atomic E-state index is 13.1. The molecule has 5 heteroatoms. The Morgan fingerprint density at radius 2 is 1.87 bits per heavy atom. The summed E-state index contributed by atoms with van der Waals surface area (Å²) < 4.78 is 13.1. The number of carbonyl (C=O) groups excluding carboxylic acids is 2. The zero-order valence-corrected chi connectivity index (χ0v) is 12.5. The van der Waals surface area contributed by atoms with E-state index in [0.29, 0.717) is 18.7 Å². The standard InChI is InChI=1S/C18H17FN2O2/c19-14-6-4-5-13(11-14)9-10-20-16-12-17(22)21(18(16)23)15-7-2-1-3-8-15/h1-8,11,16,20H,9-10,12H2/t16-/m0/s1. The Bertz CT molecular complexity index is 718. The topological polar surface area (TPSA) is 49.4 Å². The van der Waals surface area contributed by atoms with E-state index in [1.165, 1.54) is 17.0 Å². The van der Waals surface area contributed by atoms with Gasteiger partial charge in [-0.25, -0.2) is 9.29 Å². The van der Waals surface area contributed by atoms with Gasteiger partial charge in [-0.1, -0.05) is 30.3 Å². The number of rotatable bonds is 5. The van der Waals surface area contributed by atoms with E-state index in [4.69, 9.17) is 0 Å². The van der Waals surface area contributed by atoms with Gasteiger partial charge in [0.25, 0.3) is 5.91 Å². The van der Waals surface area contributed by atoms with Crippen LogP contribution in [0.15, 0.2) is 54.6 Å². The SMILES string of the molecule is O=C1C[C@H](NCCc2cccc(F)c2)C(=O)N1c1ccccc1. The van der Waals surface area contributed by atoms with Gasteiger partial charge in [-0.3, -0.25) is 9.59 Å². The van der Waals surface area contributed by atoms with E-state index in [0.717, 1.165) is 5.56 Å². The molecule has 3 rings (SSSR count). The molecule has 23 heavy (non-hydrogen) atoms. The van der Waals surface area contributed by atoms with Gasteiger partial charge in [0.15, 0.2) is 0 Å². The predicted molar refractivity (Wildman–Crippen MR) is 85.4 cm³/mol. The van der Waals surface area contributed by atoms with E-state index in [1.54, 1.807) is 30.3 Å². The molecule has 0 saturated carbocycles. The molecule has 1 aliphatic heterocycles. The van der Waals surface area contributed by atoms with Gasteiger partial charge in [0.2, 0.25) is 5.91 Å². The normalized spacial score (nSPS) is 17.8. The quantitative estimate of drug-likeness (QED) is 0.862. The first kappa shape index (κ1) is 15.4. The summed E-state index contributed by atoms with van der Waals surface area (Å²) in [6, 6.07) is 14.7. The molecule has 0 bridgehead atoms. The van der Waals surface area contributed by atoms with Gasteiger partial charge in [0.1, 0.15) is 5.82 Å². The van der Waals surface area contributed by atoms with Gasteiger partial charge >= 0.3 is 0 Å². The highest BCUT2D eigenvalue weighted by atomic mass is 19.1. The van der Waals surface area contributed by atoms with Gasteiger partial charge in [0, 0.05) is 0 Å². The third-order valence-electron chi connectivity index (χ3n) is 3.85. The van der Waals surface area contributed by atoms with Crippen LogP contribution >= 0.6 is 0 Å². The van der Waals surface area contributed by atoms with Crippen molar-refractivity contribution in [3.05, 3.63) is 66.0 Å². The van der Waals surface area contributed by atoms with Gasteiger partial charge in [-0.15, -0.1) is 0 Å². The molecule has 118 valence electrons. The minimum Gasteiger partial charge on any atom is -0.305 e. The molecule has 1 heterocycles. The van der Waals surface area contributed by atoms with Crippen molar-refractivity contribution in [1.29, 1.82) is 0 Å². The van der Waals surface area contributed by atoms with Crippen LogP contribution in [0.1, 0.15) is 12.0 Å². The van der Waals surface area contributed by atoms with Crippen LogP contribution in [0.3, 0.4) is 0 Å². The number of anilines is 1. The summed E-state index contributed by atoms with van der Waals surface area (Å²) >= 11 is 0. The Morgan fingerprint density at radius 1 is 1.09 bits per heavy atom. The molecule has 2 aromatic rings. The number of hydrogen-bond acceptors (Lipinski definition) is 3. The van der Waals surface area contributed by atoms with E-state index < -0.39 is 6.04 Å². The average molecular weight is 312 g/mol. The number of para-hydroxylation sites is 1. The van der Waals surface area contributed by atoms with Crippen LogP contribution in [0.5, 0.6) is 0 Å². The molecule has 1 aliphatic rings. The molecule has 2 aromatic carbocycles. The van der Waals surface area contributed by atoms with Crippen LogP contribution in [0.2, 0.25) is 0 Å². The Kier molecular flexibility index (Phi) is 4.48. The Hall–Kier alpha value is -2.53. The predicted octanol–water partition coefficient (Wildman–Crippen LogP) is 2.29. The molecule has 0 radical (unpaired) electrons. The number of nitrogens with zero attached hydrogens (tertiary/aromatic N) is 1. The summed E-state index contributed by atoms with van der Waals surface area (Å²) in [5, 5.41) is 3.09. The molecule has 0 spiro atoms. The van der Waals surface area contributed by atoms with Gasteiger partial charge < -0.3 is 5.32 Å². The fourth-order valence-corrected chi connectivity index (χ4v) is 2.72. The number of carbonyl (C=O) groups is 2. The Labute approximate surface area is 133 Å². The lowest BCUT2D eigenvalue weighted by Gasteiger charge is -2.15. The second-order valence-corrected chi connectivity index (χ2v) is 5.49. The first-order valence-electron chi connectivity index (χ1n) is 7.55. The summed E-state index contributed by atoms with van der Waals surface area (Å²) in [6.45, 7) is 0.510. The largest absolute Gasteiger partial charge is 0.305 e. The maximum absolute atomic E-state index is 13.1. The molecule has 0 aromatic heterocycles. The van der Waals surface area contributed by atoms with Crippen LogP contribution in [0, 0.1) is 5.82 Å². The second kappa shape index (κ2) is 6.71. The minimum absolute atomic E-state index is 0.150. The van der Waals surface area contributed by atoms with Crippen LogP contribution < -0.4 is 10.2 Å². The third kappa shape index (κ3) is 3.46. The monoisotopic (exact) mass is 312 g/mol. The van der Waals surface area contributed by atoms with Crippen molar-refractivity contribution in [2.24, 2.45) is 0 Å². The zero-order chi connectivity index (χ0) is 16.2. The smallest absolute Gasteiger partial charge is 0.251 e. The van der Waals surface area contributed by atoms with Crippen LogP contribution in [0.25, 0.3) is 0 Å². The molecular formula is C18H17FN2O2. The molecule has 0 aliphatic carbocycles. The highest BCUT2D eigenvalue weighted by Gasteiger charge is 2.38. The van der Waals surface area contributed by atoms with Gasteiger partial charge in [0.05, 0.1) is 18.2 Å². The van der Waals surface area contributed by atoms with E-state index in [9.17, 15) is 14.0 Å². The van der Waals surface area contributed by atoms with Crippen molar-refractivity contribution in [3.63, 3.8) is 0 Å². The summed E-state index contributed by atoms with van der Waals surface area (Å²) in [5.41, 5.74) is 1.45. The molecule has 1 saturated heterocycles. The lowest BCUT2D eigenvalue weighted by Crippen LogP contribution is -2.39. The van der Waals surface area contributed by atoms with E-state index in [1.807, 2.05) is 12.1 Å². The number of halogens is 1. The van der Waals surface area contributed by atoms with E-state index in [2.05, 4.69) is 5.32 Å². The fraction of sp³-hybridized carbons (Fsp3) is 0.222. The minimum atomic E-state index is -0.517. The highest BCUT2D eigenvalue weighted by Crippen LogP contribution is 2.22. The fourth-order valence-electron chi connectivity index (χ4n) is 2.72.